The highest BCUT2D eigenvalue weighted by atomic mass is 16.5. The van der Waals surface area contributed by atoms with Gasteiger partial charge in [-0.25, -0.2) is 4.79 Å². The highest BCUT2D eigenvalue weighted by Gasteiger charge is 2.20. The van der Waals surface area contributed by atoms with E-state index in [2.05, 4.69) is 0 Å². The van der Waals surface area contributed by atoms with E-state index in [0.29, 0.717) is 5.56 Å². The maximum Gasteiger partial charge on any atom is 0.342 e. The fourth-order valence-corrected chi connectivity index (χ4v) is 2.88. The Hall–Kier alpha value is -3.07. The standard InChI is InChI=1S/C22H20O3/c1-3-25-22(24)21-19(16-9-5-4-6-10-16)13-18(14-20(21)23)17-11-7-8-15(2)12-17/h4-14,23H,3H2,1-2H3. The summed E-state index contributed by atoms with van der Waals surface area (Å²) in [7, 11) is 0. The van der Waals surface area contributed by atoms with E-state index in [1.54, 1.807) is 13.0 Å². The van der Waals surface area contributed by atoms with Gasteiger partial charge in [0.05, 0.1) is 6.61 Å². The van der Waals surface area contributed by atoms with Crippen LogP contribution in [-0.2, 0) is 4.74 Å². The lowest BCUT2D eigenvalue weighted by molar-refractivity contribution is 0.0524. The summed E-state index contributed by atoms with van der Waals surface area (Å²) in [6, 6.07) is 21.1. The van der Waals surface area contributed by atoms with Crippen LogP contribution < -0.4 is 0 Å². The third-order valence-corrected chi connectivity index (χ3v) is 4.03. The molecule has 0 aliphatic heterocycles. The molecule has 0 amide bonds. The van der Waals surface area contributed by atoms with E-state index in [1.165, 1.54) is 0 Å². The molecular weight excluding hydrogens is 312 g/mol. The smallest absolute Gasteiger partial charge is 0.342 e. The second kappa shape index (κ2) is 7.22. The number of hydrogen-bond donors (Lipinski definition) is 1. The molecule has 3 rings (SSSR count). The molecule has 0 saturated heterocycles. The quantitative estimate of drug-likeness (QED) is 0.667. The van der Waals surface area contributed by atoms with Gasteiger partial charge >= 0.3 is 5.97 Å². The van der Waals surface area contributed by atoms with Gasteiger partial charge in [-0.1, -0.05) is 60.2 Å². The Morgan fingerprint density at radius 3 is 2.32 bits per heavy atom. The zero-order chi connectivity index (χ0) is 17.8. The van der Waals surface area contributed by atoms with Crippen LogP contribution in [0.25, 0.3) is 22.3 Å². The second-order valence-corrected chi connectivity index (χ2v) is 5.87. The summed E-state index contributed by atoms with van der Waals surface area (Å²) in [4.78, 5) is 12.4. The minimum atomic E-state index is -0.519. The molecule has 126 valence electrons. The summed E-state index contributed by atoms with van der Waals surface area (Å²) >= 11 is 0. The average Bonchev–Trinajstić information content (AvgIpc) is 2.62. The van der Waals surface area contributed by atoms with Crippen molar-refractivity contribution in [3.05, 3.63) is 77.9 Å². The van der Waals surface area contributed by atoms with Crippen molar-refractivity contribution < 1.29 is 14.6 Å². The summed E-state index contributed by atoms with van der Waals surface area (Å²) in [6.07, 6.45) is 0. The molecule has 0 saturated carbocycles. The first-order valence-electron chi connectivity index (χ1n) is 8.26. The highest BCUT2D eigenvalue weighted by Crippen LogP contribution is 2.36. The Balaban J connectivity index is 2.22. The summed E-state index contributed by atoms with van der Waals surface area (Å²) in [5.74, 6) is -0.592. The van der Waals surface area contributed by atoms with Crippen LogP contribution in [0.2, 0.25) is 0 Å². The number of phenols is 1. The van der Waals surface area contributed by atoms with Crippen LogP contribution >= 0.6 is 0 Å². The topological polar surface area (TPSA) is 46.5 Å². The van der Waals surface area contributed by atoms with Crippen molar-refractivity contribution in [2.24, 2.45) is 0 Å². The van der Waals surface area contributed by atoms with Gasteiger partial charge in [0, 0.05) is 5.56 Å². The molecule has 0 bridgehead atoms. The predicted molar refractivity (Wildman–Crippen MR) is 99.7 cm³/mol. The molecule has 3 aromatic carbocycles. The largest absolute Gasteiger partial charge is 0.507 e. The van der Waals surface area contributed by atoms with Gasteiger partial charge in [0.1, 0.15) is 11.3 Å². The number of hydrogen-bond acceptors (Lipinski definition) is 3. The maximum atomic E-state index is 12.4. The molecule has 0 atom stereocenters. The average molecular weight is 332 g/mol. The number of carbonyl (C=O) groups excluding carboxylic acids is 1. The van der Waals surface area contributed by atoms with Gasteiger partial charge in [-0.2, -0.15) is 0 Å². The fourth-order valence-electron chi connectivity index (χ4n) is 2.88. The first-order chi connectivity index (χ1) is 12.1. The fraction of sp³-hybridized carbons (Fsp3) is 0.136. The minimum absolute atomic E-state index is 0.0729. The number of carbonyl (C=O) groups is 1. The van der Waals surface area contributed by atoms with E-state index in [9.17, 15) is 9.90 Å². The number of rotatable bonds is 4. The van der Waals surface area contributed by atoms with Crippen LogP contribution in [0, 0.1) is 6.92 Å². The molecule has 0 radical (unpaired) electrons. The van der Waals surface area contributed by atoms with Crippen LogP contribution in [0.15, 0.2) is 66.7 Å². The molecule has 0 aliphatic rings. The van der Waals surface area contributed by atoms with Crippen LogP contribution in [0.5, 0.6) is 5.75 Å². The third kappa shape index (κ3) is 3.56. The predicted octanol–water partition coefficient (Wildman–Crippen LogP) is 5.21. The van der Waals surface area contributed by atoms with Gasteiger partial charge in [0.25, 0.3) is 0 Å². The van der Waals surface area contributed by atoms with E-state index in [4.69, 9.17) is 4.74 Å². The normalized spacial score (nSPS) is 10.5. The summed E-state index contributed by atoms with van der Waals surface area (Å²) in [6.45, 7) is 4.03. The number of aromatic hydroxyl groups is 1. The van der Waals surface area contributed by atoms with Gasteiger partial charge in [-0.3, -0.25) is 0 Å². The number of benzene rings is 3. The van der Waals surface area contributed by atoms with Crippen LogP contribution in [0.3, 0.4) is 0 Å². The SMILES string of the molecule is CCOC(=O)c1c(O)cc(-c2cccc(C)c2)cc1-c1ccccc1. The van der Waals surface area contributed by atoms with Crippen molar-refractivity contribution in [1.29, 1.82) is 0 Å². The number of phenolic OH excluding ortho intramolecular Hbond substituents is 1. The van der Waals surface area contributed by atoms with Gasteiger partial charge in [0.15, 0.2) is 0 Å². The lowest BCUT2D eigenvalue weighted by Gasteiger charge is -2.14. The lowest BCUT2D eigenvalue weighted by Crippen LogP contribution is -2.07. The van der Waals surface area contributed by atoms with E-state index in [0.717, 1.165) is 22.3 Å². The highest BCUT2D eigenvalue weighted by molar-refractivity contribution is 6.01. The number of ether oxygens (including phenoxy) is 1. The molecule has 0 heterocycles. The first-order valence-corrected chi connectivity index (χ1v) is 8.26. The molecule has 1 N–H and O–H groups in total. The van der Waals surface area contributed by atoms with Gasteiger partial charge < -0.3 is 9.84 Å². The number of aryl methyl sites for hydroxylation is 1. The van der Waals surface area contributed by atoms with Gasteiger partial charge in [-0.15, -0.1) is 0 Å². The monoisotopic (exact) mass is 332 g/mol. The lowest BCUT2D eigenvalue weighted by atomic mass is 9.93. The van der Waals surface area contributed by atoms with E-state index in [1.807, 2.05) is 67.6 Å². The Kier molecular flexibility index (Phi) is 4.85. The summed E-state index contributed by atoms with van der Waals surface area (Å²) in [5.41, 5.74) is 4.69. The van der Waals surface area contributed by atoms with Crippen molar-refractivity contribution in [2.75, 3.05) is 6.61 Å². The van der Waals surface area contributed by atoms with Crippen molar-refractivity contribution in [2.45, 2.75) is 13.8 Å². The third-order valence-electron chi connectivity index (χ3n) is 4.03. The number of esters is 1. The Labute approximate surface area is 147 Å². The van der Waals surface area contributed by atoms with E-state index in [-0.39, 0.29) is 17.9 Å². The van der Waals surface area contributed by atoms with Crippen LogP contribution in [0.4, 0.5) is 0 Å². The molecule has 0 unspecified atom stereocenters. The molecule has 3 nitrogen and oxygen atoms in total. The second-order valence-electron chi connectivity index (χ2n) is 5.87. The summed E-state index contributed by atoms with van der Waals surface area (Å²) in [5, 5.41) is 10.6. The van der Waals surface area contributed by atoms with E-state index < -0.39 is 5.97 Å². The molecule has 3 heteroatoms. The van der Waals surface area contributed by atoms with Crippen LogP contribution in [-0.4, -0.2) is 17.7 Å². The van der Waals surface area contributed by atoms with Crippen molar-refractivity contribution in [3.63, 3.8) is 0 Å². The molecule has 0 aromatic heterocycles. The first kappa shape index (κ1) is 16.8. The van der Waals surface area contributed by atoms with E-state index >= 15 is 0 Å². The van der Waals surface area contributed by atoms with Gasteiger partial charge in [0.2, 0.25) is 0 Å². The van der Waals surface area contributed by atoms with Crippen molar-refractivity contribution in [1.82, 2.24) is 0 Å². The van der Waals surface area contributed by atoms with Crippen molar-refractivity contribution in [3.8, 4) is 28.0 Å². The molecule has 25 heavy (non-hydrogen) atoms. The Morgan fingerprint density at radius 2 is 1.64 bits per heavy atom. The maximum absolute atomic E-state index is 12.4. The molecule has 0 spiro atoms. The van der Waals surface area contributed by atoms with Crippen LogP contribution in [0.1, 0.15) is 22.8 Å². The molecule has 0 aliphatic carbocycles. The zero-order valence-electron chi connectivity index (χ0n) is 14.3. The Morgan fingerprint density at radius 1 is 0.920 bits per heavy atom. The molecular formula is C22H20O3. The Bertz CT molecular complexity index is 898. The summed E-state index contributed by atoms with van der Waals surface area (Å²) < 4.78 is 5.14. The minimum Gasteiger partial charge on any atom is -0.507 e. The zero-order valence-corrected chi connectivity index (χ0v) is 14.3. The van der Waals surface area contributed by atoms with Gasteiger partial charge in [-0.05, 0) is 42.7 Å². The molecule has 3 aromatic rings. The van der Waals surface area contributed by atoms with Crippen molar-refractivity contribution >= 4 is 5.97 Å². The molecule has 0 fully saturated rings.